The zero-order valence-electron chi connectivity index (χ0n) is 23.3. The predicted molar refractivity (Wildman–Crippen MR) is 138 cm³/mol. The molecule has 4 atom stereocenters. The highest BCUT2D eigenvalue weighted by Gasteiger charge is 2.39. The van der Waals surface area contributed by atoms with Crippen LogP contribution in [0.4, 0.5) is 4.79 Å². The van der Waals surface area contributed by atoms with Gasteiger partial charge in [-0.3, -0.25) is 14.4 Å². The second-order valence-corrected chi connectivity index (χ2v) is 11.6. The standard InChI is InChI=1S/C26H47N5O5/c1-16(2)20(23(33)31-14-10-12-19(31)22(32)27-8)28-15-18-11-9-13-30(18)24(34)21(17(3)4)29-25(35)36-26(5,6)7/h16-21,28H,9-15H2,1-8H3,(H,27,32)(H,29,35). The highest BCUT2D eigenvalue weighted by molar-refractivity contribution is 5.90. The summed E-state index contributed by atoms with van der Waals surface area (Å²) < 4.78 is 5.37. The molecule has 0 aliphatic carbocycles. The summed E-state index contributed by atoms with van der Waals surface area (Å²) in [5.74, 6) is -0.425. The van der Waals surface area contributed by atoms with Crippen molar-refractivity contribution in [2.45, 2.75) is 104 Å². The maximum atomic E-state index is 13.5. The Labute approximate surface area is 216 Å². The van der Waals surface area contributed by atoms with Gasteiger partial charge in [-0.2, -0.15) is 0 Å². The number of likely N-dealkylation sites (N-methyl/N-ethyl adjacent to an activating group) is 1. The second-order valence-electron chi connectivity index (χ2n) is 11.6. The quantitative estimate of drug-likeness (QED) is 0.437. The Morgan fingerprint density at radius 3 is 2.00 bits per heavy atom. The van der Waals surface area contributed by atoms with E-state index in [0.29, 0.717) is 26.1 Å². The van der Waals surface area contributed by atoms with Crippen LogP contribution in [0.5, 0.6) is 0 Å². The molecule has 0 aromatic rings. The third-order valence-electron chi connectivity index (χ3n) is 6.86. The molecule has 2 saturated heterocycles. The van der Waals surface area contributed by atoms with Crippen LogP contribution in [0, 0.1) is 11.8 Å². The van der Waals surface area contributed by atoms with E-state index in [-0.39, 0.29) is 35.6 Å². The molecule has 2 fully saturated rings. The average Bonchev–Trinajstić information content (AvgIpc) is 3.44. The first-order valence-corrected chi connectivity index (χ1v) is 13.3. The number of nitrogens with zero attached hydrogens (tertiary/aromatic N) is 2. The Kier molecular flexibility index (Phi) is 10.6. The van der Waals surface area contributed by atoms with Crippen LogP contribution in [0.15, 0.2) is 0 Å². The SMILES string of the molecule is CNC(=O)C1CCCN1C(=O)C(NCC1CCCN1C(=O)C(NC(=O)OC(C)(C)C)C(C)C)C(C)C. The molecular formula is C26H47N5O5. The molecule has 3 N–H and O–H groups in total. The van der Waals surface area contributed by atoms with Gasteiger partial charge in [0.1, 0.15) is 17.7 Å². The van der Waals surface area contributed by atoms with Gasteiger partial charge in [0, 0.05) is 32.7 Å². The first-order valence-electron chi connectivity index (χ1n) is 13.3. The summed E-state index contributed by atoms with van der Waals surface area (Å²) in [5.41, 5.74) is -0.653. The number of hydrogen-bond acceptors (Lipinski definition) is 6. The van der Waals surface area contributed by atoms with Gasteiger partial charge in [-0.05, 0) is 58.3 Å². The van der Waals surface area contributed by atoms with Crippen molar-refractivity contribution in [2.24, 2.45) is 11.8 Å². The Bertz CT molecular complexity index is 794. The second kappa shape index (κ2) is 12.7. The Balaban J connectivity index is 2.06. The number of ether oxygens (including phenoxy) is 1. The van der Waals surface area contributed by atoms with Gasteiger partial charge in [0.2, 0.25) is 17.7 Å². The van der Waals surface area contributed by atoms with E-state index in [1.807, 2.05) is 32.6 Å². The van der Waals surface area contributed by atoms with Crippen molar-refractivity contribution in [3.63, 3.8) is 0 Å². The molecule has 10 heteroatoms. The predicted octanol–water partition coefficient (Wildman–Crippen LogP) is 1.88. The molecule has 0 bridgehead atoms. The molecular weight excluding hydrogens is 462 g/mol. The lowest BCUT2D eigenvalue weighted by molar-refractivity contribution is -0.140. The summed E-state index contributed by atoms with van der Waals surface area (Å²) in [4.78, 5) is 55.0. The lowest BCUT2D eigenvalue weighted by Crippen LogP contribution is -2.57. The lowest BCUT2D eigenvalue weighted by Gasteiger charge is -2.34. The van der Waals surface area contributed by atoms with Crippen molar-refractivity contribution in [3.8, 4) is 0 Å². The number of amides is 4. The van der Waals surface area contributed by atoms with Gasteiger partial charge in [-0.1, -0.05) is 27.7 Å². The van der Waals surface area contributed by atoms with Gasteiger partial charge in [-0.15, -0.1) is 0 Å². The molecule has 2 rings (SSSR count). The first-order chi connectivity index (χ1) is 16.8. The Morgan fingerprint density at radius 1 is 0.889 bits per heavy atom. The molecule has 0 spiro atoms. The molecule has 0 radical (unpaired) electrons. The molecule has 2 aliphatic heterocycles. The number of nitrogens with one attached hydrogen (secondary N) is 3. The molecule has 2 heterocycles. The zero-order chi connectivity index (χ0) is 27.2. The van der Waals surface area contributed by atoms with Crippen LogP contribution in [-0.4, -0.2) is 90.1 Å². The normalized spacial score (nSPS) is 22.1. The third-order valence-corrected chi connectivity index (χ3v) is 6.86. The van der Waals surface area contributed by atoms with Crippen LogP contribution in [0.2, 0.25) is 0 Å². The molecule has 4 amide bonds. The van der Waals surface area contributed by atoms with E-state index in [1.165, 1.54) is 0 Å². The summed E-state index contributed by atoms with van der Waals surface area (Å²) in [6.07, 6.45) is 2.55. The largest absolute Gasteiger partial charge is 0.444 e. The van der Waals surface area contributed by atoms with E-state index in [9.17, 15) is 19.2 Å². The molecule has 206 valence electrons. The zero-order valence-corrected chi connectivity index (χ0v) is 23.3. The van der Waals surface area contributed by atoms with Gasteiger partial charge < -0.3 is 30.5 Å². The van der Waals surface area contributed by atoms with E-state index in [2.05, 4.69) is 16.0 Å². The highest BCUT2D eigenvalue weighted by atomic mass is 16.6. The number of likely N-dealkylation sites (tertiary alicyclic amines) is 2. The summed E-state index contributed by atoms with van der Waals surface area (Å²) >= 11 is 0. The summed E-state index contributed by atoms with van der Waals surface area (Å²) in [6.45, 7) is 14.8. The van der Waals surface area contributed by atoms with Crippen LogP contribution < -0.4 is 16.0 Å². The number of rotatable bonds is 9. The third kappa shape index (κ3) is 7.82. The van der Waals surface area contributed by atoms with Crippen LogP contribution >= 0.6 is 0 Å². The van der Waals surface area contributed by atoms with Crippen molar-refractivity contribution in [2.75, 3.05) is 26.7 Å². The first kappa shape index (κ1) is 29.9. The number of carbonyl (C=O) groups excluding carboxylic acids is 4. The number of alkyl carbamates (subject to hydrolysis) is 1. The molecule has 36 heavy (non-hydrogen) atoms. The van der Waals surface area contributed by atoms with Gasteiger partial charge in [0.25, 0.3) is 0 Å². The van der Waals surface area contributed by atoms with Crippen LogP contribution in [-0.2, 0) is 19.1 Å². The van der Waals surface area contributed by atoms with Crippen LogP contribution in [0.1, 0.15) is 74.1 Å². The fourth-order valence-corrected chi connectivity index (χ4v) is 4.98. The Morgan fingerprint density at radius 2 is 1.44 bits per heavy atom. The van der Waals surface area contributed by atoms with E-state index in [1.54, 1.807) is 32.7 Å². The molecule has 4 unspecified atom stereocenters. The fraction of sp³-hybridized carbons (Fsp3) is 0.846. The summed E-state index contributed by atoms with van der Waals surface area (Å²) in [6, 6.07) is -1.66. The highest BCUT2D eigenvalue weighted by Crippen LogP contribution is 2.23. The van der Waals surface area contributed by atoms with Crippen molar-refractivity contribution >= 4 is 23.8 Å². The number of carbonyl (C=O) groups is 4. The van der Waals surface area contributed by atoms with Crippen LogP contribution in [0.25, 0.3) is 0 Å². The van der Waals surface area contributed by atoms with Crippen molar-refractivity contribution in [1.29, 1.82) is 0 Å². The summed E-state index contributed by atoms with van der Waals surface area (Å²) in [7, 11) is 1.59. The number of hydrogen-bond donors (Lipinski definition) is 3. The lowest BCUT2D eigenvalue weighted by atomic mass is 10.0. The van der Waals surface area contributed by atoms with Gasteiger partial charge >= 0.3 is 6.09 Å². The van der Waals surface area contributed by atoms with Crippen molar-refractivity contribution < 1.29 is 23.9 Å². The summed E-state index contributed by atoms with van der Waals surface area (Å²) in [5, 5.41) is 8.83. The van der Waals surface area contributed by atoms with E-state index in [4.69, 9.17) is 4.74 Å². The van der Waals surface area contributed by atoms with E-state index < -0.39 is 29.8 Å². The molecule has 0 aromatic carbocycles. The van der Waals surface area contributed by atoms with E-state index in [0.717, 1.165) is 19.3 Å². The maximum absolute atomic E-state index is 13.5. The van der Waals surface area contributed by atoms with Crippen molar-refractivity contribution in [3.05, 3.63) is 0 Å². The van der Waals surface area contributed by atoms with E-state index >= 15 is 0 Å². The van der Waals surface area contributed by atoms with Crippen molar-refractivity contribution in [1.82, 2.24) is 25.8 Å². The fourth-order valence-electron chi connectivity index (χ4n) is 4.98. The smallest absolute Gasteiger partial charge is 0.408 e. The minimum absolute atomic E-state index is 0.0197. The Hall–Kier alpha value is -2.36. The average molecular weight is 510 g/mol. The van der Waals surface area contributed by atoms with Gasteiger partial charge in [-0.25, -0.2) is 4.79 Å². The maximum Gasteiger partial charge on any atom is 0.408 e. The molecule has 0 saturated carbocycles. The van der Waals surface area contributed by atoms with Gasteiger partial charge in [0.05, 0.1) is 6.04 Å². The minimum atomic E-state index is -0.694. The molecule has 2 aliphatic rings. The van der Waals surface area contributed by atoms with Gasteiger partial charge in [0.15, 0.2) is 0 Å². The minimum Gasteiger partial charge on any atom is -0.444 e. The van der Waals surface area contributed by atoms with Crippen LogP contribution in [0.3, 0.4) is 0 Å². The monoisotopic (exact) mass is 509 g/mol. The molecule has 0 aromatic heterocycles. The molecule has 10 nitrogen and oxygen atoms in total. The topological polar surface area (TPSA) is 120 Å².